The van der Waals surface area contributed by atoms with Gasteiger partial charge in [-0.15, -0.1) is 0 Å². The molecule has 64 valence electrons. The van der Waals surface area contributed by atoms with Crippen LogP contribution in [-0.2, 0) is 0 Å². The minimum atomic E-state index is 0.947. The molecule has 0 spiro atoms. The van der Waals surface area contributed by atoms with Crippen molar-refractivity contribution in [3.05, 3.63) is 0 Å². The topological polar surface area (TPSA) is 0 Å². The molecule has 2 aliphatic carbocycles. The minimum absolute atomic E-state index is 0.947. The second kappa shape index (κ2) is 2.80. The van der Waals surface area contributed by atoms with Gasteiger partial charge in [0.05, 0.1) is 0 Å². The molecule has 0 aromatic rings. The third-order valence-electron chi connectivity index (χ3n) is 3.75. The fourth-order valence-corrected chi connectivity index (χ4v) is 2.96. The molecule has 2 aliphatic rings. The molecule has 0 N–H and O–H groups in total. The Balaban J connectivity index is 1.96. The first-order valence-electron chi connectivity index (χ1n) is 5.29. The molecule has 11 heavy (non-hydrogen) atoms. The van der Waals surface area contributed by atoms with Gasteiger partial charge in [-0.25, -0.2) is 0 Å². The summed E-state index contributed by atoms with van der Waals surface area (Å²) in [5.74, 6) is 4.34. The van der Waals surface area contributed by atoms with E-state index in [-0.39, 0.29) is 0 Å². The summed E-state index contributed by atoms with van der Waals surface area (Å²) < 4.78 is 0. The van der Waals surface area contributed by atoms with Gasteiger partial charge in [-0.3, -0.25) is 0 Å². The highest BCUT2D eigenvalue weighted by molar-refractivity contribution is 4.93. The van der Waals surface area contributed by atoms with Gasteiger partial charge in [0.15, 0.2) is 0 Å². The molecular weight excluding hydrogens is 132 g/mol. The number of fused-ring (bicyclic) bond motifs is 1. The van der Waals surface area contributed by atoms with Crippen LogP contribution in [0.2, 0.25) is 0 Å². The molecule has 3 unspecified atom stereocenters. The molecule has 0 radical (unpaired) electrons. The smallest absolute Gasteiger partial charge is 0.0352 e. The first-order chi connectivity index (χ1) is 5.29. The van der Waals surface area contributed by atoms with Gasteiger partial charge in [-0.2, -0.15) is 0 Å². The maximum Gasteiger partial charge on any atom is -0.0352 e. The molecular formula is C11H20. The summed E-state index contributed by atoms with van der Waals surface area (Å²) in [6.07, 6.45) is 7.68. The largest absolute Gasteiger partial charge is 0.0625 e. The summed E-state index contributed by atoms with van der Waals surface area (Å²) in [4.78, 5) is 0. The van der Waals surface area contributed by atoms with E-state index in [1.807, 2.05) is 0 Å². The van der Waals surface area contributed by atoms with E-state index in [9.17, 15) is 0 Å². The van der Waals surface area contributed by atoms with E-state index in [4.69, 9.17) is 0 Å². The van der Waals surface area contributed by atoms with Crippen molar-refractivity contribution in [2.75, 3.05) is 0 Å². The van der Waals surface area contributed by atoms with Gasteiger partial charge < -0.3 is 0 Å². The van der Waals surface area contributed by atoms with E-state index in [1.165, 1.54) is 19.3 Å². The fourth-order valence-electron chi connectivity index (χ4n) is 2.96. The lowest BCUT2D eigenvalue weighted by molar-refractivity contribution is 0.312. The molecule has 0 aliphatic heterocycles. The van der Waals surface area contributed by atoms with Crippen molar-refractivity contribution in [1.29, 1.82) is 0 Å². The van der Waals surface area contributed by atoms with E-state index in [2.05, 4.69) is 13.8 Å². The van der Waals surface area contributed by atoms with E-state index >= 15 is 0 Å². The molecule has 2 fully saturated rings. The third kappa shape index (κ3) is 1.45. The predicted molar refractivity (Wildman–Crippen MR) is 48.4 cm³/mol. The Labute approximate surface area is 70.4 Å². The minimum Gasteiger partial charge on any atom is -0.0625 e. The highest BCUT2D eigenvalue weighted by Crippen LogP contribution is 2.53. The summed E-state index contributed by atoms with van der Waals surface area (Å²) in [5, 5.41) is 0. The fraction of sp³-hybridized carbons (Fsp3) is 1.00. The van der Waals surface area contributed by atoms with Crippen LogP contribution >= 0.6 is 0 Å². The van der Waals surface area contributed by atoms with E-state index in [0.717, 1.165) is 23.7 Å². The Kier molecular flexibility index (Phi) is 1.95. The van der Waals surface area contributed by atoms with E-state index in [1.54, 1.807) is 12.8 Å². The second-order valence-corrected chi connectivity index (χ2v) is 4.85. The van der Waals surface area contributed by atoms with Gasteiger partial charge in [0.2, 0.25) is 0 Å². The summed E-state index contributed by atoms with van der Waals surface area (Å²) in [6.45, 7) is 4.82. The van der Waals surface area contributed by atoms with Crippen molar-refractivity contribution in [1.82, 2.24) is 0 Å². The van der Waals surface area contributed by atoms with E-state index in [0.29, 0.717) is 0 Å². The normalized spacial score (nSPS) is 43.4. The standard InChI is InChI=1S/C11H20/c1-8(2)10-6-4-3-5-9-7-11(9)10/h8-11H,3-7H2,1-2H3. The summed E-state index contributed by atoms with van der Waals surface area (Å²) in [6, 6.07) is 0. The Hall–Kier alpha value is 0. The van der Waals surface area contributed by atoms with Crippen LogP contribution in [0.1, 0.15) is 46.0 Å². The van der Waals surface area contributed by atoms with Crippen LogP contribution in [-0.4, -0.2) is 0 Å². The second-order valence-electron chi connectivity index (χ2n) is 4.85. The molecule has 0 aromatic carbocycles. The molecule has 0 aromatic heterocycles. The van der Waals surface area contributed by atoms with Gasteiger partial charge >= 0.3 is 0 Å². The molecule has 0 heterocycles. The van der Waals surface area contributed by atoms with Crippen LogP contribution in [0, 0.1) is 23.7 Å². The molecule has 0 amide bonds. The van der Waals surface area contributed by atoms with Crippen LogP contribution in [0.4, 0.5) is 0 Å². The van der Waals surface area contributed by atoms with Crippen molar-refractivity contribution >= 4 is 0 Å². The van der Waals surface area contributed by atoms with Crippen molar-refractivity contribution < 1.29 is 0 Å². The van der Waals surface area contributed by atoms with Crippen LogP contribution in [0.5, 0.6) is 0 Å². The van der Waals surface area contributed by atoms with Crippen molar-refractivity contribution in [2.45, 2.75) is 46.0 Å². The average Bonchev–Trinajstić information content (AvgIpc) is 2.60. The lowest BCUT2D eigenvalue weighted by Gasteiger charge is -2.18. The average molecular weight is 152 g/mol. The summed E-state index contributed by atoms with van der Waals surface area (Å²) in [5.41, 5.74) is 0. The monoisotopic (exact) mass is 152 g/mol. The van der Waals surface area contributed by atoms with E-state index < -0.39 is 0 Å². The lowest BCUT2D eigenvalue weighted by atomic mass is 9.87. The highest BCUT2D eigenvalue weighted by Gasteiger charge is 2.44. The molecule has 2 saturated carbocycles. The first-order valence-corrected chi connectivity index (χ1v) is 5.29. The zero-order valence-electron chi connectivity index (χ0n) is 7.84. The Morgan fingerprint density at radius 3 is 2.55 bits per heavy atom. The molecule has 0 nitrogen and oxygen atoms in total. The van der Waals surface area contributed by atoms with Crippen LogP contribution in [0.25, 0.3) is 0 Å². The van der Waals surface area contributed by atoms with Gasteiger partial charge in [-0.1, -0.05) is 33.1 Å². The Morgan fingerprint density at radius 2 is 1.82 bits per heavy atom. The van der Waals surface area contributed by atoms with Gasteiger partial charge in [-0.05, 0) is 36.5 Å². The highest BCUT2D eigenvalue weighted by atomic mass is 14.5. The number of rotatable bonds is 1. The van der Waals surface area contributed by atoms with Crippen molar-refractivity contribution in [3.63, 3.8) is 0 Å². The quantitative estimate of drug-likeness (QED) is 0.539. The van der Waals surface area contributed by atoms with Gasteiger partial charge in [0.1, 0.15) is 0 Å². The van der Waals surface area contributed by atoms with Crippen LogP contribution < -0.4 is 0 Å². The van der Waals surface area contributed by atoms with Crippen molar-refractivity contribution in [2.24, 2.45) is 23.7 Å². The zero-order valence-corrected chi connectivity index (χ0v) is 7.84. The summed E-state index contributed by atoms with van der Waals surface area (Å²) >= 11 is 0. The molecule has 0 heteroatoms. The first kappa shape index (κ1) is 7.64. The van der Waals surface area contributed by atoms with Crippen LogP contribution in [0.15, 0.2) is 0 Å². The number of hydrogen-bond acceptors (Lipinski definition) is 0. The lowest BCUT2D eigenvalue weighted by Crippen LogP contribution is -2.10. The predicted octanol–water partition coefficient (Wildman–Crippen LogP) is 3.47. The maximum absolute atomic E-state index is 2.41. The van der Waals surface area contributed by atoms with Crippen LogP contribution in [0.3, 0.4) is 0 Å². The summed E-state index contributed by atoms with van der Waals surface area (Å²) in [7, 11) is 0. The van der Waals surface area contributed by atoms with Gasteiger partial charge in [0, 0.05) is 0 Å². The van der Waals surface area contributed by atoms with Gasteiger partial charge in [0.25, 0.3) is 0 Å². The molecule has 2 rings (SSSR count). The Morgan fingerprint density at radius 1 is 1.09 bits per heavy atom. The number of hydrogen-bond donors (Lipinski definition) is 0. The molecule has 3 atom stereocenters. The van der Waals surface area contributed by atoms with Crippen molar-refractivity contribution in [3.8, 4) is 0 Å². The SMILES string of the molecule is CC(C)C1CCCCC2CC21. The Bertz CT molecular complexity index is 137. The molecule has 0 bridgehead atoms. The maximum atomic E-state index is 2.41. The molecule has 0 saturated heterocycles. The third-order valence-corrected chi connectivity index (χ3v) is 3.75. The zero-order chi connectivity index (χ0) is 7.84.